The molecule has 0 spiro atoms. The number of pyridine rings is 2. The van der Waals surface area contributed by atoms with Crippen LogP contribution in [0.3, 0.4) is 0 Å². The van der Waals surface area contributed by atoms with Crippen molar-refractivity contribution in [3.8, 4) is 22.5 Å². The minimum Gasteiger partial charge on any atom is -0.501 e. The van der Waals surface area contributed by atoms with Crippen LogP contribution < -0.4 is 5.19 Å². The summed E-state index contributed by atoms with van der Waals surface area (Å²) >= 11 is 0. The summed E-state index contributed by atoms with van der Waals surface area (Å²) in [5, 5.41) is 3.81. The summed E-state index contributed by atoms with van der Waals surface area (Å²) in [6.45, 7) is 5.05. The molecule has 1 radical (unpaired) electrons. The van der Waals surface area contributed by atoms with E-state index in [4.69, 9.17) is 13.5 Å². The molecule has 3 nitrogen and oxygen atoms in total. The monoisotopic (exact) mass is 748 g/mol. The van der Waals surface area contributed by atoms with E-state index >= 15 is 0 Å². The Balaban J connectivity index is 0.000000202. The van der Waals surface area contributed by atoms with Crippen molar-refractivity contribution in [2.45, 2.75) is 58.1 Å². The summed E-state index contributed by atoms with van der Waals surface area (Å²) in [6.07, 6.45) is 8.74. The van der Waals surface area contributed by atoms with E-state index in [1.807, 2.05) is 24.3 Å². The van der Waals surface area contributed by atoms with Gasteiger partial charge in [0, 0.05) is 42.0 Å². The topological polar surface area (TPSA) is 38.9 Å². The minimum absolute atomic E-state index is 0. The Labute approximate surface area is 268 Å². The van der Waals surface area contributed by atoms with Gasteiger partial charge < -0.3 is 14.4 Å². The van der Waals surface area contributed by atoms with E-state index in [1.54, 1.807) is 18.2 Å². The smallest absolute Gasteiger partial charge is 0.120 e. The van der Waals surface area contributed by atoms with E-state index in [1.165, 1.54) is 48.0 Å². The normalized spacial score (nSPS) is 14.9. The van der Waals surface area contributed by atoms with Crippen LogP contribution in [-0.4, -0.2) is 18.0 Å². The van der Waals surface area contributed by atoms with Crippen LogP contribution in [0.4, 0.5) is 0 Å². The fraction of sp³-hybridized carbons (Fsp3) is 0.243. The molecule has 0 amide bonds. The van der Waals surface area contributed by atoms with Crippen LogP contribution >= 0.6 is 0 Å². The molecule has 0 bridgehead atoms. The first-order valence-electron chi connectivity index (χ1n) is 15.9. The van der Waals surface area contributed by atoms with Crippen LogP contribution in [0, 0.1) is 19.0 Å². The molecule has 1 fully saturated rings. The SMILES string of the molecule is C[Si](C)(C)c1ccc2oc3c(-c4ccc(C5CCCC5)cn4)[c-]ccc3c2c1.[2H]C([2H])([2H])c1ccc(-c2[c-]cccc2)nc1.[Ir]. The van der Waals surface area contributed by atoms with Gasteiger partial charge in [0.05, 0.1) is 13.7 Å². The standard InChI is InChI=1S/C25H26NOSi.C12H10N.Ir/c1-28(2,3)19-12-14-24-22(15-19)20-9-6-10-21(25(20)27-24)23-13-11-18(16-26-23)17-7-4-5-8-17;1-10-7-8-12(13-9-10)11-5-3-2-4-6-11;/h6,9,11-17H,4-5,7-8H2,1-3H3;2-5,7-9H,1H3;/q2*-1;/i;1D3;. The number of rotatable bonds is 4. The van der Waals surface area contributed by atoms with Gasteiger partial charge in [-0.1, -0.05) is 85.0 Å². The van der Waals surface area contributed by atoms with Gasteiger partial charge in [-0.25, -0.2) is 0 Å². The molecule has 0 saturated heterocycles. The number of fused-ring (bicyclic) bond motifs is 3. The van der Waals surface area contributed by atoms with E-state index in [0.717, 1.165) is 39.1 Å². The Morgan fingerprint density at radius 2 is 1.64 bits per heavy atom. The van der Waals surface area contributed by atoms with Gasteiger partial charge in [-0.05, 0) is 54.2 Å². The van der Waals surface area contributed by atoms with E-state index < -0.39 is 14.9 Å². The Bertz CT molecular complexity index is 1870. The zero-order valence-corrected chi connectivity index (χ0v) is 27.6. The maximum atomic E-state index is 7.23. The molecule has 5 heteroatoms. The van der Waals surface area contributed by atoms with Crippen LogP contribution in [-0.2, 0) is 20.1 Å². The third kappa shape index (κ3) is 6.49. The van der Waals surface area contributed by atoms with Gasteiger partial charge in [-0.15, -0.1) is 54.1 Å². The Morgan fingerprint density at radius 1 is 0.833 bits per heavy atom. The Kier molecular flexibility index (Phi) is 8.05. The molecule has 1 aliphatic rings. The number of hydrogen-bond acceptors (Lipinski definition) is 3. The molecule has 6 aromatic rings. The maximum absolute atomic E-state index is 7.23. The zero-order valence-electron chi connectivity index (χ0n) is 27.2. The first-order chi connectivity index (χ1) is 21.1. The molecular weight excluding hydrogens is 709 g/mol. The maximum Gasteiger partial charge on any atom is 0.120 e. The first-order valence-corrected chi connectivity index (χ1v) is 17.9. The molecule has 0 unspecified atom stereocenters. The molecule has 0 aliphatic heterocycles. The molecule has 3 aromatic carbocycles. The summed E-state index contributed by atoms with van der Waals surface area (Å²) in [5.74, 6) is 0.688. The molecular formula is C37H36IrN2OSi-2. The van der Waals surface area contributed by atoms with Crippen LogP contribution in [0.2, 0.25) is 19.6 Å². The van der Waals surface area contributed by atoms with E-state index in [9.17, 15) is 0 Å². The number of nitrogens with zero attached hydrogens (tertiary/aromatic N) is 2. The third-order valence-electron chi connectivity index (χ3n) is 7.91. The van der Waals surface area contributed by atoms with E-state index in [2.05, 4.69) is 79.4 Å². The van der Waals surface area contributed by atoms with E-state index in [-0.39, 0.29) is 25.7 Å². The number of benzene rings is 3. The molecule has 215 valence electrons. The predicted octanol–water partition coefficient (Wildman–Crippen LogP) is 9.51. The summed E-state index contributed by atoms with van der Waals surface area (Å²) < 4.78 is 28.0. The van der Waals surface area contributed by atoms with Gasteiger partial charge >= 0.3 is 0 Å². The van der Waals surface area contributed by atoms with Gasteiger partial charge in [0.2, 0.25) is 0 Å². The average molecular weight is 748 g/mol. The number of furan rings is 1. The molecule has 42 heavy (non-hydrogen) atoms. The summed E-state index contributed by atoms with van der Waals surface area (Å²) in [5.41, 5.74) is 6.96. The zero-order chi connectivity index (χ0) is 30.9. The van der Waals surface area contributed by atoms with Crippen molar-refractivity contribution in [1.29, 1.82) is 0 Å². The van der Waals surface area contributed by atoms with Crippen molar-refractivity contribution in [2.24, 2.45) is 0 Å². The van der Waals surface area contributed by atoms with Crippen molar-refractivity contribution >= 4 is 35.2 Å². The molecule has 0 N–H and O–H groups in total. The summed E-state index contributed by atoms with van der Waals surface area (Å²) in [6, 6.07) is 32.3. The van der Waals surface area contributed by atoms with E-state index in [0.29, 0.717) is 5.92 Å². The van der Waals surface area contributed by atoms with Gasteiger partial charge in [0.25, 0.3) is 0 Å². The van der Waals surface area contributed by atoms with Crippen molar-refractivity contribution in [3.05, 3.63) is 115 Å². The number of aromatic nitrogens is 2. The summed E-state index contributed by atoms with van der Waals surface area (Å²) in [7, 11) is -1.37. The van der Waals surface area contributed by atoms with Crippen LogP contribution in [0.15, 0.2) is 95.7 Å². The van der Waals surface area contributed by atoms with Gasteiger partial charge in [-0.3, -0.25) is 0 Å². The van der Waals surface area contributed by atoms with Crippen molar-refractivity contribution in [2.75, 3.05) is 0 Å². The second-order valence-electron chi connectivity index (χ2n) is 11.8. The van der Waals surface area contributed by atoms with Crippen LogP contribution in [0.5, 0.6) is 0 Å². The van der Waals surface area contributed by atoms with Gasteiger partial charge in [0.15, 0.2) is 0 Å². The fourth-order valence-electron chi connectivity index (χ4n) is 5.56. The first kappa shape index (κ1) is 26.3. The van der Waals surface area contributed by atoms with Crippen LogP contribution in [0.1, 0.15) is 46.8 Å². The average Bonchev–Trinajstić information content (AvgIpc) is 3.70. The third-order valence-corrected chi connectivity index (χ3v) is 9.96. The van der Waals surface area contributed by atoms with Crippen LogP contribution in [0.25, 0.3) is 44.5 Å². The fourth-order valence-corrected chi connectivity index (χ4v) is 6.72. The number of hydrogen-bond donors (Lipinski definition) is 0. The number of aryl methyl sites for hydroxylation is 1. The molecule has 7 rings (SSSR count). The van der Waals surface area contributed by atoms with Crippen molar-refractivity contribution in [1.82, 2.24) is 9.97 Å². The second kappa shape index (κ2) is 12.9. The van der Waals surface area contributed by atoms with Crippen molar-refractivity contribution < 1.29 is 28.6 Å². The molecule has 0 atom stereocenters. The second-order valence-corrected chi connectivity index (χ2v) is 16.9. The minimum atomic E-state index is -2.09. The molecule has 1 aliphatic carbocycles. The Hall–Kier alpha value is -3.37. The molecule has 3 aromatic heterocycles. The predicted molar refractivity (Wildman–Crippen MR) is 173 cm³/mol. The van der Waals surface area contributed by atoms with Crippen molar-refractivity contribution in [3.63, 3.8) is 0 Å². The van der Waals surface area contributed by atoms with Gasteiger partial charge in [0.1, 0.15) is 5.58 Å². The van der Waals surface area contributed by atoms with Gasteiger partial charge in [-0.2, -0.15) is 0 Å². The largest absolute Gasteiger partial charge is 0.501 e. The summed E-state index contributed by atoms with van der Waals surface area (Å²) in [4.78, 5) is 8.91. The quantitative estimate of drug-likeness (QED) is 0.133. The molecule has 1 saturated carbocycles. The molecule has 3 heterocycles. The Morgan fingerprint density at radius 3 is 2.31 bits per heavy atom.